The summed E-state index contributed by atoms with van der Waals surface area (Å²) >= 11 is 3.28. The van der Waals surface area contributed by atoms with Gasteiger partial charge in [0.05, 0.1) is 4.90 Å². The minimum atomic E-state index is -3.58. The lowest BCUT2D eigenvalue weighted by atomic mass is 10.2. The highest BCUT2D eigenvalue weighted by Crippen LogP contribution is 2.21. The number of halogens is 1. The summed E-state index contributed by atoms with van der Waals surface area (Å²) in [5.41, 5.74) is 0. The van der Waals surface area contributed by atoms with Crippen molar-refractivity contribution in [3.05, 3.63) is 28.7 Å². The Kier molecular flexibility index (Phi) is 6.59. The fourth-order valence-electron chi connectivity index (χ4n) is 2.60. The smallest absolute Gasteiger partial charge is 0.244 e. The molecule has 138 valence electrons. The molecule has 1 aromatic carbocycles. The van der Waals surface area contributed by atoms with Crippen molar-refractivity contribution in [3.8, 4) is 0 Å². The summed E-state index contributed by atoms with van der Waals surface area (Å²) in [7, 11) is -3.58. The number of benzene rings is 1. The van der Waals surface area contributed by atoms with Gasteiger partial charge in [0, 0.05) is 37.1 Å². The van der Waals surface area contributed by atoms with Crippen LogP contribution < -0.4 is 5.32 Å². The summed E-state index contributed by atoms with van der Waals surface area (Å²) in [4.78, 5) is 25.6. The maximum Gasteiger partial charge on any atom is 0.244 e. The first-order chi connectivity index (χ1) is 11.8. The van der Waals surface area contributed by atoms with Crippen LogP contribution in [0.5, 0.6) is 0 Å². The van der Waals surface area contributed by atoms with Crippen molar-refractivity contribution in [3.63, 3.8) is 0 Å². The molecule has 1 atom stereocenters. The minimum absolute atomic E-state index is 0.184. The van der Waals surface area contributed by atoms with Gasteiger partial charge in [0.15, 0.2) is 0 Å². The lowest BCUT2D eigenvalue weighted by Crippen LogP contribution is -2.55. The summed E-state index contributed by atoms with van der Waals surface area (Å²) in [6.45, 7) is 4.43. The van der Waals surface area contributed by atoms with Gasteiger partial charge in [-0.05, 0) is 25.1 Å². The van der Waals surface area contributed by atoms with Crippen molar-refractivity contribution in [2.75, 3.05) is 26.2 Å². The molecule has 1 aliphatic rings. The Morgan fingerprint density at radius 3 is 2.44 bits per heavy atom. The lowest BCUT2D eigenvalue weighted by molar-refractivity contribution is -0.136. The molecule has 1 N–H and O–H groups in total. The van der Waals surface area contributed by atoms with Gasteiger partial charge >= 0.3 is 0 Å². The van der Waals surface area contributed by atoms with Crippen molar-refractivity contribution in [1.29, 1.82) is 0 Å². The molecule has 0 saturated carbocycles. The van der Waals surface area contributed by atoms with E-state index in [1.54, 1.807) is 43.0 Å². The number of sulfonamides is 1. The van der Waals surface area contributed by atoms with Crippen LogP contribution in [0, 0.1) is 0 Å². The van der Waals surface area contributed by atoms with Gasteiger partial charge < -0.3 is 10.2 Å². The third-order valence-corrected chi connectivity index (χ3v) is 6.44. The van der Waals surface area contributed by atoms with E-state index in [0.717, 1.165) is 0 Å². The number of hydrogen-bond acceptors (Lipinski definition) is 4. The number of amides is 2. The van der Waals surface area contributed by atoms with Crippen LogP contribution in [0.25, 0.3) is 0 Å². The molecule has 7 nitrogen and oxygen atoms in total. The number of nitrogens with zero attached hydrogens (tertiary/aromatic N) is 2. The second-order valence-electron chi connectivity index (χ2n) is 5.83. The monoisotopic (exact) mass is 431 g/mol. The number of rotatable bonds is 5. The largest absolute Gasteiger partial charge is 0.345 e. The number of piperazine rings is 1. The van der Waals surface area contributed by atoms with Crippen LogP contribution >= 0.6 is 15.9 Å². The second kappa shape index (κ2) is 8.29. The van der Waals surface area contributed by atoms with Crippen molar-refractivity contribution in [2.24, 2.45) is 0 Å². The first-order valence-corrected chi connectivity index (χ1v) is 10.3. The number of nitrogens with one attached hydrogen (secondary N) is 1. The first kappa shape index (κ1) is 19.9. The van der Waals surface area contributed by atoms with Gasteiger partial charge in [-0.15, -0.1) is 0 Å². The predicted octanol–water partition coefficient (Wildman–Crippen LogP) is 1.20. The van der Waals surface area contributed by atoms with Gasteiger partial charge in [0.1, 0.15) is 6.04 Å². The Bertz CT molecular complexity index is 746. The van der Waals surface area contributed by atoms with Gasteiger partial charge in [-0.2, -0.15) is 4.31 Å². The maximum absolute atomic E-state index is 12.7. The third kappa shape index (κ3) is 4.80. The van der Waals surface area contributed by atoms with Crippen LogP contribution in [0.15, 0.2) is 33.6 Å². The molecule has 1 fully saturated rings. The Morgan fingerprint density at radius 2 is 1.88 bits per heavy atom. The molecule has 1 saturated heterocycles. The quantitative estimate of drug-likeness (QED) is 0.758. The van der Waals surface area contributed by atoms with Crippen LogP contribution in [0.1, 0.15) is 20.3 Å². The molecule has 9 heteroatoms. The summed E-state index contributed by atoms with van der Waals surface area (Å²) in [5, 5.41) is 2.63. The molecule has 2 amide bonds. The van der Waals surface area contributed by atoms with Crippen molar-refractivity contribution >= 4 is 37.8 Å². The fraction of sp³-hybridized carbons (Fsp3) is 0.500. The standard InChI is InChI=1S/C16H22BrN3O4S/c1-3-15(21)18-12(2)16(22)19-7-9-20(10-8-19)25(23,24)14-6-4-5-13(17)11-14/h4-6,11-12H,3,7-10H2,1-2H3,(H,18,21)/t12-/m0/s1. The summed E-state index contributed by atoms with van der Waals surface area (Å²) in [5.74, 6) is -0.377. The van der Waals surface area contributed by atoms with Gasteiger partial charge in [0.25, 0.3) is 0 Å². The molecular weight excluding hydrogens is 410 g/mol. The van der Waals surface area contributed by atoms with E-state index in [1.165, 1.54) is 4.31 Å². The highest BCUT2D eigenvalue weighted by atomic mass is 79.9. The summed E-state index contributed by atoms with van der Waals surface area (Å²) in [6, 6.07) is 5.95. The zero-order valence-electron chi connectivity index (χ0n) is 14.2. The third-order valence-electron chi connectivity index (χ3n) is 4.05. The zero-order valence-corrected chi connectivity index (χ0v) is 16.6. The van der Waals surface area contributed by atoms with Crippen molar-refractivity contribution in [2.45, 2.75) is 31.2 Å². The zero-order chi connectivity index (χ0) is 18.6. The van der Waals surface area contributed by atoms with Crippen LogP contribution in [-0.4, -0.2) is 61.7 Å². The van der Waals surface area contributed by atoms with E-state index in [4.69, 9.17) is 0 Å². The van der Waals surface area contributed by atoms with E-state index in [9.17, 15) is 18.0 Å². The molecule has 0 bridgehead atoms. The second-order valence-corrected chi connectivity index (χ2v) is 8.68. The van der Waals surface area contributed by atoms with Crippen molar-refractivity contribution < 1.29 is 18.0 Å². The molecule has 0 spiro atoms. The Hall–Kier alpha value is -1.45. The summed E-state index contributed by atoms with van der Waals surface area (Å²) < 4.78 is 27.4. The van der Waals surface area contributed by atoms with E-state index in [-0.39, 0.29) is 29.8 Å². The molecule has 0 unspecified atom stereocenters. The molecule has 0 aromatic heterocycles. The Morgan fingerprint density at radius 1 is 1.24 bits per heavy atom. The van der Waals surface area contributed by atoms with E-state index >= 15 is 0 Å². The highest BCUT2D eigenvalue weighted by molar-refractivity contribution is 9.10. The van der Waals surface area contributed by atoms with E-state index in [1.807, 2.05) is 0 Å². The summed E-state index contributed by atoms with van der Waals surface area (Å²) in [6.07, 6.45) is 0.316. The lowest BCUT2D eigenvalue weighted by Gasteiger charge is -2.35. The fourth-order valence-corrected chi connectivity index (χ4v) is 4.62. The SMILES string of the molecule is CCC(=O)N[C@@H](C)C(=O)N1CCN(S(=O)(=O)c2cccc(Br)c2)CC1. The van der Waals surface area contributed by atoms with Gasteiger partial charge in [0.2, 0.25) is 21.8 Å². The first-order valence-electron chi connectivity index (χ1n) is 8.09. The van der Waals surface area contributed by atoms with E-state index in [0.29, 0.717) is 24.0 Å². The topological polar surface area (TPSA) is 86.8 Å². The van der Waals surface area contributed by atoms with Crippen molar-refractivity contribution in [1.82, 2.24) is 14.5 Å². The molecular formula is C16H22BrN3O4S. The van der Waals surface area contributed by atoms with Crippen LogP contribution in [0.3, 0.4) is 0 Å². The minimum Gasteiger partial charge on any atom is -0.345 e. The van der Waals surface area contributed by atoms with E-state index in [2.05, 4.69) is 21.2 Å². The predicted molar refractivity (Wildman–Crippen MR) is 97.4 cm³/mol. The number of hydrogen-bond donors (Lipinski definition) is 1. The van der Waals surface area contributed by atoms with Crippen LogP contribution in [0.4, 0.5) is 0 Å². The number of carbonyl (C=O) groups is 2. The molecule has 0 radical (unpaired) electrons. The molecule has 1 aromatic rings. The van der Waals surface area contributed by atoms with Crippen LogP contribution in [-0.2, 0) is 19.6 Å². The Balaban J connectivity index is 1.99. The maximum atomic E-state index is 12.7. The van der Waals surface area contributed by atoms with Gasteiger partial charge in [-0.3, -0.25) is 9.59 Å². The molecule has 2 rings (SSSR count). The Labute approximate surface area is 156 Å². The molecule has 1 heterocycles. The number of carbonyl (C=O) groups excluding carboxylic acids is 2. The molecule has 1 aliphatic heterocycles. The van der Waals surface area contributed by atoms with Gasteiger partial charge in [-0.1, -0.05) is 28.9 Å². The highest BCUT2D eigenvalue weighted by Gasteiger charge is 2.31. The van der Waals surface area contributed by atoms with E-state index < -0.39 is 16.1 Å². The van der Waals surface area contributed by atoms with Gasteiger partial charge in [-0.25, -0.2) is 8.42 Å². The molecule has 0 aliphatic carbocycles. The average Bonchev–Trinajstić information content (AvgIpc) is 2.61. The van der Waals surface area contributed by atoms with Crippen LogP contribution in [0.2, 0.25) is 0 Å². The molecule has 25 heavy (non-hydrogen) atoms. The average molecular weight is 432 g/mol. The normalized spacial score (nSPS) is 17.2.